The third-order valence-corrected chi connectivity index (χ3v) is 3.55. The van der Waals surface area contributed by atoms with Crippen LogP contribution in [0.5, 0.6) is 0 Å². The van der Waals surface area contributed by atoms with Gasteiger partial charge in [-0.05, 0) is 44.9 Å². The van der Waals surface area contributed by atoms with Crippen LogP contribution < -0.4 is 5.32 Å². The summed E-state index contributed by atoms with van der Waals surface area (Å²) < 4.78 is 5.42. The van der Waals surface area contributed by atoms with Gasteiger partial charge in [-0.2, -0.15) is 0 Å². The van der Waals surface area contributed by atoms with E-state index in [1.807, 2.05) is 0 Å². The van der Waals surface area contributed by atoms with Gasteiger partial charge in [-0.3, -0.25) is 0 Å². The molecule has 1 rings (SSSR count). The van der Waals surface area contributed by atoms with Gasteiger partial charge in [0.25, 0.3) is 0 Å². The van der Waals surface area contributed by atoms with Crippen LogP contribution in [0.15, 0.2) is 0 Å². The molecule has 1 aliphatic rings. The van der Waals surface area contributed by atoms with Crippen LogP contribution in [0.4, 0.5) is 0 Å². The molecule has 2 atom stereocenters. The lowest BCUT2D eigenvalue weighted by molar-refractivity contribution is 0.0185. The first-order chi connectivity index (χ1) is 6.93. The molecule has 0 aromatic rings. The van der Waals surface area contributed by atoms with Crippen LogP contribution in [0.3, 0.4) is 0 Å². The van der Waals surface area contributed by atoms with Crippen LogP contribution in [-0.4, -0.2) is 25.3 Å². The second-order valence-corrected chi connectivity index (χ2v) is 5.96. The van der Waals surface area contributed by atoms with E-state index in [1.165, 1.54) is 19.3 Å². The van der Waals surface area contributed by atoms with Crippen molar-refractivity contribution in [3.63, 3.8) is 0 Å². The molecule has 0 spiro atoms. The van der Waals surface area contributed by atoms with E-state index in [0.29, 0.717) is 6.04 Å². The van der Waals surface area contributed by atoms with E-state index in [9.17, 15) is 0 Å². The number of methoxy groups -OCH3 is 1. The average molecular weight is 213 g/mol. The van der Waals surface area contributed by atoms with Crippen molar-refractivity contribution < 1.29 is 4.74 Å². The van der Waals surface area contributed by atoms with Gasteiger partial charge in [0.15, 0.2) is 0 Å². The highest BCUT2D eigenvalue weighted by atomic mass is 16.5. The maximum Gasteiger partial charge on any atom is 0.0746 e. The largest absolute Gasteiger partial charge is 0.377 e. The Morgan fingerprint density at radius 2 is 1.67 bits per heavy atom. The molecule has 1 N–H and O–H groups in total. The third kappa shape index (κ3) is 4.52. The summed E-state index contributed by atoms with van der Waals surface area (Å²) in [4.78, 5) is 0. The molecule has 0 aromatic carbocycles. The molecule has 1 fully saturated rings. The zero-order chi connectivity index (χ0) is 11.5. The monoisotopic (exact) mass is 213 g/mol. The second-order valence-electron chi connectivity index (χ2n) is 5.96. The molecule has 2 heteroatoms. The fourth-order valence-electron chi connectivity index (χ4n) is 2.58. The molecular weight excluding hydrogens is 186 g/mol. The number of nitrogens with one attached hydrogen (secondary N) is 1. The summed E-state index contributed by atoms with van der Waals surface area (Å²) in [5, 5.41) is 3.65. The summed E-state index contributed by atoms with van der Waals surface area (Å²) in [6.07, 6.45) is 4.04. The van der Waals surface area contributed by atoms with Crippen LogP contribution in [0.1, 0.15) is 47.0 Å². The molecular formula is C13H27NO. The van der Waals surface area contributed by atoms with Crippen LogP contribution in [0.2, 0.25) is 0 Å². The molecule has 1 saturated carbocycles. The highest BCUT2D eigenvalue weighted by Gasteiger charge is 2.25. The summed E-state index contributed by atoms with van der Waals surface area (Å²) in [7, 11) is 1.79. The molecule has 2 unspecified atom stereocenters. The SMILES string of the molecule is COC(C)(C)CNC1CC(C)CC(C)C1. The molecule has 2 nitrogen and oxygen atoms in total. The fraction of sp³-hybridized carbons (Fsp3) is 1.00. The molecule has 0 bridgehead atoms. The predicted molar refractivity (Wildman–Crippen MR) is 65.1 cm³/mol. The standard InChI is InChI=1S/C13H27NO/c1-10-6-11(2)8-12(7-10)14-9-13(3,4)15-5/h10-12,14H,6-9H2,1-5H3. The average Bonchev–Trinajstić information content (AvgIpc) is 2.14. The minimum atomic E-state index is -0.0378. The van der Waals surface area contributed by atoms with Gasteiger partial charge < -0.3 is 10.1 Å². The molecule has 0 aromatic heterocycles. The molecule has 0 radical (unpaired) electrons. The Labute approximate surface area is 94.8 Å². The first-order valence-electron chi connectivity index (χ1n) is 6.21. The van der Waals surface area contributed by atoms with Crippen molar-refractivity contribution in [2.45, 2.75) is 58.6 Å². The van der Waals surface area contributed by atoms with E-state index in [-0.39, 0.29) is 5.60 Å². The molecule has 1 aliphatic carbocycles. The van der Waals surface area contributed by atoms with E-state index in [0.717, 1.165) is 18.4 Å². The van der Waals surface area contributed by atoms with Gasteiger partial charge in [0.05, 0.1) is 5.60 Å². The zero-order valence-electron chi connectivity index (χ0n) is 11.0. The summed E-state index contributed by atoms with van der Waals surface area (Å²) >= 11 is 0. The minimum Gasteiger partial charge on any atom is -0.377 e. The van der Waals surface area contributed by atoms with E-state index in [2.05, 4.69) is 33.0 Å². The van der Waals surface area contributed by atoms with Crippen molar-refractivity contribution in [1.29, 1.82) is 0 Å². The van der Waals surface area contributed by atoms with Crippen LogP contribution in [-0.2, 0) is 4.74 Å². The molecule has 0 amide bonds. The van der Waals surface area contributed by atoms with Crippen LogP contribution in [0, 0.1) is 11.8 Å². The van der Waals surface area contributed by atoms with Crippen LogP contribution in [0.25, 0.3) is 0 Å². The van der Waals surface area contributed by atoms with E-state index in [1.54, 1.807) is 7.11 Å². The summed E-state index contributed by atoms with van der Waals surface area (Å²) in [5.41, 5.74) is -0.0378. The van der Waals surface area contributed by atoms with Gasteiger partial charge in [-0.15, -0.1) is 0 Å². The summed E-state index contributed by atoms with van der Waals surface area (Å²) in [6.45, 7) is 9.95. The highest BCUT2D eigenvalue weighted by molar-refractivity contribution is 4.82. The molecule has 0 aliphatic heterocycles. The number of rotatable bonds is 4. The van der Waals surface area contributed by atoms with Gasteiger partial charge in [-0.1, -0.05) is 13.8 Å². The maximum atomic E-state index is 5.42. The van der Waals surface area contributed by atoms with Gasteiger partial charge in [0, 0.05) is 19.7 Å². The quantitative estimate of drug-likeness (QED) is 0.775. The van der Waals surface area contributed by atoms with Crippen molar-refractivity contribution in [2.75, 3.05) is 13.7 Å². The van der Waals surface area contributed by atoms with Gasteiger partial charge in [0.2, 0.25) is 0 Å². The van der Waals surface area contributed by atoms with Crippen molar-refractivity contribution in [3.8, 4) is 0 Å². The lowest BCUT2D eigenvalue weighted by Gasteiger charge is -2.34. The Bertz CT molecular complexity index is 181. The van der Waals surface area contributed by atoms with E-state index < -0.39 is 0 Å². The number of hydrogen-bond acceptors (Lipinski definition) is 2. The Hall–Kier alpha value is -0.0800. The molecule has 15 heavy (non-hydrogen) atoms. The smallest absolute Gasteiger partial charge is 0.0746 e. The first-order valence-corrected chi connectivity index (χ1v) is 6.21. The minimum absolute atomic E-state index is 0.0378. The predicted octanol–water partition coefficient (Wildman–Crippen LogP) is 2.83. The molecule has 90 valence electrons. The van der Waals surface area contributed by atoms with E-state index in [4.69, 9.17) is 4.74 Å². The third-order valence-electron chi connectivity index (χ3n) is 3.55. The zero-order valence-corrected chi connectivity index (χ0v) is 11.0. The second kappa shape index (κ2) is 5.31. The van der Waals surface area contributed by atoms with Gasteiger partial charge >= 0.3 is 0 Å². The van der Waals surface area contributed by atoms with Crippen molar-refractivity contribution in [3.05, 3.63) is 0 Å². The summed E-state index contributed by atoms with van der Waals surface area (Å²) in [6, 6.07) is 0.693. The van der Waals surface area contributed by atoms with Crippen molar-refractivity contribution in [2.24, 2.45) is 11.8 Å². The molecule has 0 saturated heterocycles. The topological polar surface area (TPSA) is 21.3 Å². The number of ether oxygens (including phenoxy) is 1. The highest BCUT2D eigenvalue weighted by Crippen LogP contribution is 2.28. The summed E-state index contributed by atoms with van der Waals surface area (Å²) in [5.74, 6) is 1.74. The fourth-order valence-corrected chi connectivity index (χ4v) is 2.58. The van der Waals surface area contributed by atoms with Crippen LogP contribution >= 0.6 is 0 Å². The lowest BCUT2D eigenvalue weighted by atomic mass is 9.80. The van der Waals surface area contributed by atoms with Crippen molar-refractivity contribution >= 4 is 0 Å². The molecule has 0 heterocycles. The Morgan fingerprint density at radius 1 is 1.13 bits per heavy atom. The lowest BCUT2D eigenvalue weighted by Crippen LogP contribution is -2.44. The number of hydrogen-bond donors (Lipinski definition) is 1. The Morgan fingerprint density at radius 3 is 2.13 bits per heavy atom. The normalized spacial score (nSPS) is 33.0. The first kappa shape index (κ1) is 13.0. The maximum absolute atomic E-state index is 5.42. The Kier molecular flexibility index (Phi) is 4.60. The Balaban J connectivity index is 2.32. The van der Waals surface area contributed by atoms with Crippen molar-refractivity contribution in [1.82, 2.24) is 5.32 Å². The van der Waals surface area contributed by atoms with Gasteiger partial charge in [-0.25, -0.2) is 0 Å². The van der Waals surface area contributed by atoms with Gasteiger partial charge in [0.1, 0.15) is 0 Å². The van der Waals surface area contributed by atoms with E-state index >= 15 is 0 Å².